The molecular formula is C24H28N8O5. The number of nitrogens with one attached hydrogen (secondary N) is 2. The summed E-state index contributed by atoms with van der Waals surface area (Å²) < 4.78 is 17.0. The minimum atomic E-state index is -1.27. The quantitative estimate of drug-likeness (QED) is 0.428. The molecular weight excluding hydrogens is 480 g/mol. The van der Waals surface area contributed by atoms with Crippen LogP contribution in [0.25, 0.3) is 11.3 Å². The van der Waals surface area contributed by atoms with Crippen LogP contribution in [-0.4, -0.2) is 78.8 Å². The summed E-state index contributed by atoms with van der Waals surface area (Å²) in [6, 6.07) is 3.63. The second-order valence-corrected chi connectivity index (χ2v) is 9.61. The lowest BCUT2D eigenvalue weighted by molar-refractivity contribution is -0.146. The van der Waals surface area contributed by atoms with E-state index in [0.717, 1.165) is 0 Å². The first-order valence-electron chi connectivity index (χ1n) is 11.5. The van der Waals surface area contributed by atoms with Gasteiger partial charge in [-0.25, -0.2) is 14.8 Å². The third-order valence-electron chi connectivity index (χ3n) is 5.61. The molecule has 13 nitrogen and oxygen atoms in total. The molecule has 1 fully saturated rings. The van der Waals surface area contributed by atoms with Gasteiger partial charge in [-0.2, -0.15) is 10.4 Å². The van der Waals surface area contributed by atoms with E-state index in [1.54, 1.807) is 33.8 Å². The lowest BCUT2D eigenvalue weighted by atomic mass is 9.89. The van der Waals surface area contributed by atoms with E-state index < -0.39 is 23.4 Å². The molecule has 3 aromatic heterocycles. The third-order valence-corrected chi connectivity index (χ3v) is 5.61. The van der Waals surface area contributed by atoms with Gasteiger partial charge in [0.05, 0.1) is 56.2 Å². The Hall–Kier alpha value is -4.44. The van der Waals surface area contributed by atoms with Gasteiger partial charge in [0.1, 0.15) is 34.9 Å². The number of hydrogen-bond acceptors (Lipinski definition) is 11. The number of carbonyl (C=O) groups excluding carboxylic acids is 1. The molecule has 0 spiro atoms. The van der Waals surface area contributed by atoms with Crippen LogP contribution in [0.3, 0.4) is 0 Å². The SMILES string of the molecule is COc1cncc(O[C@H](C)C2(O)CN(C(=O)OC(C)(C)C)C2)c1-c1cc(Nc2cnc(C#N)cn2)n[nH]1. The van der Waals surface area contributed by atoms with Crippen LogP contribution in [0.2, 0.25) is 0 Å². The van der Waals surface area contributed by atoms with Crippen LogP contribution >= 0.6 is 0 Å². The molecule has 4 heterocycles. The molecule has 1 saturated heterocycles. The third kappa shape index (κ3) is 5.70. The van der Waals surface area contributed by atoms with Gasteiger partial charge in [-0.3, -0.25) is 10.1 Å². The van der Waals surface area contributed by atoms with Crippen LogP contribution in [0.5, 0.6) is 11.5 Å². The summed E-state index contributed by atoms with van der Waals surface area (Å²) in [6.45, 7) is 7.22. The van der Waals surface area contributed by atoms with E-state index >= 15 is 0 Å². The molecule has 1 aliphatic rings. The summed E-state index contributed by atoms with van der Waals surface area (Å²) in [5, 5.41) is 30.1. The predicted octanol–water partition coefficient (Wildman–Crippen LogP) is 2.63. The van der Waals surface area contributed by atoms with Gasteiger partial charge < -0.3 is 29.5 Å². The molecule has 4 rings (SSSR count). The molecule has 0 aromatic carbocycles. The van der Waals surface area contributed by atoms with Crippen LogP contribution in [0, 0.1) is 11.3 Å². The highest BCUT2D eigenvalue weighted by atomic mass is 16.6. The number of H-pyrrole nitrogens is 1. The molecule has 13 heteroatoms. The first-order valence-corrected chi connectivity index (χ1v) is 11.5. The van der Waals surface area contributed by atoms with Gasteiger partial charge >= 0.3 is 6.09 Å². The summed E-state index contributed by atoms with van der Waals surface area (Å²) >= 11 is 0. The fraction of sp³-hybridized carbons (Fsp3) is 0.417. The number of methoxy groups -OCH3 is 1. The highest BCUT2D eigenvalue weighted by Gasteiger charge is 2.50. The average molecular weight is 509 g/mol. The van der Waals surface area contributed by atoms with Crippen molar-refractivity contribution in [2.24, 2.45) is 0 Å². The molecule has 1 aliphatic heterocycles. The fourth-order valence-corrected chi connectivity index (χ4v) is 3.66. The number of pyridine rings is 1. The maximum Gasteiger partial charge on any atom is 0.410 e. The molecule has 0 unspecified atom stereocenters. The number of aromatic amines is 1. The Labute approximate surface area is 213 Å². The first-order chi connectivity index (χ1) is 17.5. The number of amides is 1. The predicted molar refractivity (Wildman–Crippen MR) is 131 cm³/mol. The zero-order chi connectivity index (χ0) is 26.8. The van der Waals surface area contributed by atoms with Crippen molar-refractivity contribution in [2.45, 2.75) is 45.0 Å². The number of aliphatic hydroxyl groups is 1. The maximum atomic E-state index is 12.3. The van der Waals surface area contributed by atoms with E-state index in [-0.39, 0.29) is 18.8 Å². The number of rotatable bonds is 7. The van der Waals surface area contributed by atoms with Gasteiger partial charge in [0.25, 0.3) is 0 Å². The second kappa shape index (κ2) is 9.90. The normalized spacial score (nSPS) is 15.2. The Morgan fingerprint density at radius 2 is 1.95 bits per heavy atom. The van der Waals surface area contributed by atoms with Crippen molar-refractivity contribution < 1.29 is 24.1 Å². The van der Waals surface area contributed by atoms with Crippen LogP contribution in [-0.2, 0) is 4.74 Å². The highest BCUT2D eigenvalue weighted by Crippen LogP contribution is 2.39. The van der Waals surface area contributed by atoms with Crippen LogP contribution < -0.4 is 14.8 Å². The fourth-order valence-electron chi connectivity index (χ4n) is 3.66. The van der Waals surface area contributed by atoms with Crippen molar-refractivity contribution >= 4 is 17.7 Å². The Bertz CT molecular complexity index is 1310. The number of likely N-dealkylation sites (tertiary alicyclic amines) is 1. The number of ether oxygens (including phenoxy) is 3. The molecule has 0 saturated carbocycles. The van der Waals surface area contributed by atoms with E-state index in [2.05, 4.69) is 30.5 Å². The van der Waals surface area contributed by atoms with Gasteiger partial charge in [0.2, 0.25) is 0 Å². The number of β-amino-alcohol motifs (C(OH)–C–C–N with tert-alkyl or cyclic N) is 1. The van der Waals surface area contributed by atoms with E-state index in [0.29, 0.717) is 34.4 Å². The Kier molecular flexibility index (Phi) is 6.86. The summed E-state index contributed by atoms with van der Waals surface area (Å²) in [5.41, 5.74) is -0.595. The summed E-state index contributed by atoms with van der Waals surface area (Å²) in [5.74, 6) is 1.63. The number of carbonyl (C=O) groups is 1. The zero-order valence-corrected chi connectivity index (χ0v) is 21.1. The Balaban J connectivity index is 1.50. The number of nitrogens with zero attached hydrogens (tertiary/aromatic N) is 6. The van der Waals surface area contributed by atoms with E-state index in [4.69, 9.17) is 19.5 Å². The minimum Gasteiger partial charge on any atom is -0.494 e. The molecule has 0 bridgehead atoms. The summed E-state index contributed by atoms with van der Waals surface area (Å²) in [4.78, 5) is 26.0. The topological polar surface area (TPSA) is 171 Å². The Morgan fingerprint density at radius 1 is 1.22 bits per heavy atom. The molecule has 3 N–H and O–H groups in total. The van der Waals surface area contributed by atoms with Crippen LogP contribution in [0.15, 0.2) is 30.9 Å². The number of aromatic nitrogens is 5. The van der Waals surface area contributed by atoms with Crippen LogP contribution in [0.1, 0.15) is 33.4 Å². The van der Waals surface area contributed by atoms with Crippen molar-refractivity contribution in [1.82, 2.24) is 30.0 Å². The molecule has 37 heavy (non-hydrogen) atoms. The largest absolute Gasteiger partial charge is 0.494 e. The summed E-state index contributed by atoms with van der Waals surface area (Å²) in [6.07, 6.45) is 4.66. The number of hydrogen-bond donors (Lipinski definition) is 3. The van der Waals surface area contributed by atoms with Gasteiger partial charge in [-0.1, -0.05) is 0 Å². The van der Waals surface area contributed by atoms with Crippen molar-refractivity contribution in [3.63, 3.8) is 0 Å². The second-order valence-electron chi connectivity index (χ2n) is 9.61. The lowest BCUT2D eigenvalue weighted by Gasteiger charge is -2.48. The van der Waals surface area contributed by atoms with Gasteiger partial charge in [0, 0.05) is 6.07 Å². The van der Waals surface area contributed by atoms with Crippen molar-refractivity contribution in [2.75, 3.05) is 25.5 Å². The molecule has 1 atom stereocenters. The Morgan fingerprint density at radius 3 is 2.57 bits per heavy atom. The molecule has 0 aliphatic carbocycles. The zero-order valence-electron chi connectivity index (χ0n) is 21.1. The molecule has 194 valence electrons. The summed E-state index contributed by atoms with van der Waals surface area (Å²) in [7, 11) is 1.51. The smallest absolute Gasteiger partial charge is 0.410 e. The number of nitriles is 1. The average Bonchev–Trinajstić information content (AvgIpc) is 3.29. The van der Waals surface area contributed by atoms with Crippen LogP contribution in [0.4, 0.5) is 16.4 Å². The van der Waals surface area contributed by atoms with Crippen molar-refractivity contribution in [3.05, 3.63) is 36.5 Å². The van der Waals surface area contributed by atoms with Gasteiger partial charge in [-0.05, 0) is 27.7 Å². The minimum absolute atomic E-state index is 0.0690. The molecule has 0 radical (unpaired) electrons. The van der Waals surface area contributed by atoms with E-state index in [9.17, 15) is 9.90 Å². The van der Waals surface area contributed by atoms with E-state index in [1.165, 1.54) is 36.8 Å². The molecule has 1 amide bonds. The monoisotopic (exact) mass is 508 g/mol. The molecule has 3 aromatic rings. The number of anilines is 2. The van der Waals surface area contributed by atoms with Gasteiger partial charge in [-0.15, -0.1) is 0 Å². The standard InChI is InChI=1S/C24H28N8O5/c1-14(24(34)12-32(13-24)22(33)37-23(2,3)4)36-18-10-26-9-17(35-5)21(18)16-6-19(31-30-16)29-20-11-27-15(7-25)8-28-20/h6,8-11,14,34H,12-13H2,1-5H3,(H2,28,29,30,31)/t14-/m1/s1. The van der Waals surface area contributed by atoms with E-state index in [1.807, 2.05) is 6.07 Å². The first kappa shape index (κ1) is 25.6. The van der Waals surface area contributed by atoms with Gasteiger partial charge in [0.15, 0.2) is 17.3 Å². The lowest BCUT2D eigenvalue weighted by Crippen LogP contribution is -2.69. The van der Waals surface area contributed by atoms with Crippen molar-refractivity contribution in [3.8, 4) is 28.8 Å². The van der Waals surface area contributed by atoms with Crippen molar-refractivity contribution in [1.29, 1.82) is 5.26 Å². The highest BCUT2D eigenvalue weighted by molar-refractivity contribution is 5.75. The maximum absolute atomic E-state index is 12.3.